The van der Waals surface area contributed by atoms with E-state index in [0.29, 0.717) is 10.7 Å². The lowest BCUT2D eigenvalue weighted by atomic mass is 10.2. The van der Waals surface area contributed by atoms with Gasteiger partial charge < -0.3 is 5.11 Å². The summed E-state index contributed by atoms with van der Waals surface area (Å²) in [6, 6.07) is 11.1. The first kappa shape index (κ1) is 10.7. The number of hydrogen-bond acceptors (Lipinski definition) is 3. The van der Waals surface area contributed by atoms with Crippen molar-refractivity contribution >= 4 is 23.1 Å². The van der Waals surface area contributed by atoms with E-state index in [2.05, 4.69) is 0 Å². The molecular weight excluding hydrogens is 224 g/mol. The third kappa shape index (κ3) is 2.05. The molecule has 1 aromatic carbocycles. The largest absolute Gasteiger partial charge is 0.464 e. The number of carbonyl (C=O) groups is 1. The third-order valence-electron chi connectivity index (χ3n) is 2.16. The van der Waals surface area contributed by atoms with Crippen molar-refractivity contribution in [1.29, 1.82) is 0 Å². The van der Waals surface area contributed by atoms with Gasteiger partial charge in [-0.05, 0) is 29.1 Å². The Bertz CT molecular complexity index is 479. The molecule has 2 rings (SSSR count). The summed E-state index contributed by atoms with van der Waals surface area (Å²) in [6.07, 6.45) is -1.18. The van der Waals surface area contributed by atoms with E-state index in [4.69, 9.17) is 10.9 Å². The molecule has 1 heterocycles. The second-order valence-electron chi connectivity index (χ2n) is 3.18. The van der Waals surface area contributed by atoms with Crippen molar-refractivity contribution < 1.29 is 9.90 Å². The molecule has 0 spiro atoms. The average molecular weight is 234 g/mol. The summed E-state index contributed by atoms with van der Waals surface area (Å²) in [6.45, 7) is 0. The Morgan fingerprint density at radius 1 is 1.25 bits per heavy atom. The highest BCUT2D eigenvalue weighted by Crippen LogP contribution is 2.26. The number of amides is 1. The molecule has 3 N–H and O–H groups in total. The highest BCUT2D eigenvalue weighted by molar-refractivity contribution is 7.13. The second kappa shape index (κ2) is 4.34. The molecule has 0 aliphatic rings. The van der Waals surface area contributed by atoms with Crippen molar-refractivity contribution in [2.45, 2.75) is 0 Å². The normalized spacial score (nSPS) is 10.1. The number of hydrazine groups is 1. The minimum absolute atomic E-state index is 0.452. The van der Waals surface area contributed by atoms with Gasteiger partial charge in [0, 0.05) is 4.88 Å². The zero-order chi connectivity index (χ0) is 11.5. The van der Waals surface area contributed by atoms with Gasteiger partial charge in [0.2, 0.25) is 0 Å². The standard InChI is InChI=1S/C11H10N2O2S/c12-13(11(14)15)9-5-3-8(4-6-9)10-2-1-7-16-10/h1-7H,12H2,(H,14,15). The molecule has 0 aliphatic heterocycles. The maximum atomic E-state index is 10.6. The summed E-state index contributed by atoms with van der Waals surface area (Å²) in [5.74, 6) is 5.34. The topological polar surface area (TPSA) is 66.6 Å². The number of benzene rings is 1. The van der Waals surface area contributed by atoms with Crippen molar-refractivity contribution in [3.8, 4) is 10.4 Å². The quantitative estimate of drug-likeness (QED) is 0.477. The van der Waals surface area contributed by atoms with Gasteiger partial charge in [-0.2, -0.15) is 0 Å². The van der Waals surface area contributed by atoms with E-state index < -0.39 is 6.09 Å². The minimum atomic E-state index is -1.18. The fourth-order valence-corrected chi connectivity index (χ4v) is 2.07. The molecule has 1 amide bonds. The maximum absolute atomic E-state index is 10.6. The molecule has 0 aliphatic carbocycles. The van der Waals surface area contributed by atoms with Gasteiger partial charge in [0.25, 0.3) is 0 Å². The second-order valence-corrected chi connectivity index (χ2v) is 4.12. The van der Waals surface area contributed by atoms with Gasteiger partial charge in [-0.15, -0.1) is 11.3 Å². The molecule has 5 heteroatoms. The van der Waals surface area contributed by atoms with Crippen molar-refractivity contribution in [1.82, 2.24) is 0 Å². The summed E-state index contributed by atoms with van der Waals surface area (Å²) in [7, 11) is 0. The number of nitrogens with zero attached hydrogens (tertiary/aromatic N) is 1. The smallest absolute Gasteiger partial charge is 0.426 e. The molecule has 0 unspecified atom stereocenters. The molecule has 1 aromatic heterocycles. The lowest BCUT2D eigenvalue weighted by Gasteiger charge is -2.12. The van der Waals surface area contributed by atoms with E-state index in [0.717, 1.165) is 10.4 Å². The number of carboxylic acid groups (broad SMARTS) is 1. The SMILES string of the molecule is NN(C(=O)O)c1ccc(-c2cccs2)cc1. The van der Waals surface area contributed by atoms with Crippen LogP contribution in [0.5, 0.6) is 0 Å². The van der Waals surface area contributed by atoms with Crippen LogP contribution in [0.1, 0.15) is 0 Å². The number of nitrogens with two attached hydrogens (primary N) is 1. The van der Waals surface area contributed by atoms with Crippen molar-refractivity contribution in [3.63, 3.8) is 0 Å². The Kier molecular flexibility index (Phi) is 2.89. The Balaban J connectivity index is 2.26. The average Bonchev–Trinajstić information content (AvgIpc) is 2.81. The van der Waals surface area contributed by atoms with Crippen LogP contribution < -0.4 is 10.9 Å². The van der Waals surface area contributed by atoms with E-state index in [9.17, 15) is 4.79 Å². The maximum Gasteiger partial charge on any atom is 0.426 e. The van der Waals surface area contributed by atoms with E-state index in [-0.39, 0.29) is 0 Å². The van der Waals surface area contributed by atoms with Gasteiger partial charge >= 0.3 is 6.09 Å². The summed E-state index contributed by atoms with van der Waals surface area (Å²) in [5.41, 5.74) is 1.50. The first-order chi connectivity index (χ1) is 7.68. The summed E-state index contributed by atoms with van der Waals surface area (Å²) >= 11 is 1.64. The fraction of sp³-hybridized carbons (Fsp3) is 0. The van der Waals surface area contributed by atoms with Gasteiger partial charge in [-0.25, -0.2) is 15.6 Å². The Morgan fingerprint density at radius 3 is 2.44 bits per heavy atom. The number of thiophene rings is 1. The number of anilines is 1. The predicted octanol–water partition coefficient (Wildman–Crippen LogP) is 2.77. The third-order valence-corrected chi connectivity index (χ3v) is 3.08. The minimum Gasteiger partial charge on any atom is -0.464 e. The van der Waals surface area contributed by atoms with Crippen LogP contribution >= 0.6 is 11.3 Å². The molecule has 2 aromatic rings. The van der Waals surface area contributed by atoms with Crippen LogP contribution in [0.3, 0.4) is 0 Å². The van der Waals surface area contributed by atoms with E-state index in [1.165, 1.54) is 0 Å². The molecule has 4 nitrogen and oxygen atoms in total. The van der Waals surface area contributed by atoms with E-state index in [1.807, 2.05) is 29.6 Å². The number of hydrogen-bond donors (Lipinski definition) is 2. The molecule has 0 radical (unpaired) electrons. The summed E-state index contributed by atoms with van der Waals surface area (Å²) in [5, 5.41) is 11.4. The van der Waals surface area contributed by atoms with Crippen LogP contribution in [0.4, 0.5) is 10.5 Å². The molecule has 0 atom stereocenters. The Labute approximate surface area is 96.5 Å². The van der Waals surface area contributed by atoms with Crippen LogP contribution in [0.15, 0.2) is 41.8 Å². The molecule has 0 fully saturated rings. The van der Waals surface area contributed by atoms with Gasteiger partial charge in [-0.3, -0.25) is 0 Å². The van der Waals surface area contributed by atoms with Crippen LogP contribution in [0, 0.1) is 0 Å². The van der Waals surface area contributed by atoms with E-state index >= 15 is 0 Å². The zero-order valence-electron chi connectivity index (χ0n) is 8.33. The molecule has 0 saturated carbocycles. The molecule has 0 bridgehead atoms. The van der Waals surface area contributed by atoms with Gasteiger partial charge in [0.1, 0.15) is 0 Å². The van der Waals surface area contributed by atoms with Crippen molar-refractivity contribution in [3.05, 3.63) is 41.8 Å². The zero-order valence-corrected chi connectivity index (χ0v) is 9.15. The van der Waals surface area contributed by atoms with Gasteiger partial charge in [0.05, 0.1) is 5.69 Å². The first-order valence-corrected chi connectivity index (χ1v) is 5.48. The first-order valence-electron chi connectivity index (χ1n) is 4.60. The Morgan fingerprint density at radius 2 is 1.94 bits per heavy atom. The summed E-state index contributed by atoms with van der Waals surface area (Å²) < 4.78 is 0. The molecular formula is C11H10N2O2S. The van der Waals surface area contributed by atoms with Crippen LogP contribution in [-0.2, 0) is 0 Å². The fourth-order valence-electron chi connectivity index (χ4n) is 1.34. The van der Waals surface area contributed by atoms with Crippen LogP contribution in [0.2, 0.25) is 0 Å². The van der Waals surface area contributed by atoms with Crippen molar-refractivity contribution in [2.75, 3.05) is 5.01 Å². The van der Waals surface area contributed by atoms with Crippen molar-refractivity contribution in [2.24, 2.45) is 5.84 Å². The van der Waals surface area contributed by atoms with Crippen LogP contribution in [-0.4, -0.2) is 11.2 Å². The van der Waals surface area contributed by atoms with Crippen LogP contribution in [0.25, 0.3) is 10.4 Å². The Hall–Kier alpha value is -1.85. The monoisotopic (exact) mass is 234 g/mol. The molecule has 82 valence electrons. The van der Waals surface area contributed by atoms with Gasteiger partial charge in [0.15, 0.2) is 0 Å². The van der Waals surface area contributed by atoms with E-state index in [1.54, 1.807) is 23.5 Å². The predicted molar refractivity (Wildman–Crippen MR) is 64.4 cm³/mol. The lowest BCUT2D eigenvalue weighted by Crippen LogP contribution is -2.35. The number of rotatable bonds is 2. The molecule has 0 saturated heterocycles. The molecule has 16 heavy (non-hydrogen) atoms. The lowest BCUT2D eigenvalue weighted by molar-refractivity contribution is 0.202. The highest BCUT2D eigenvalue weighted by Gasteiger charge is 2.08. The summed E-state index contributed by atoms with van der Waals surface area (Å²) in [4.78, 5) is 11.8. The highest BCUT2D eigenvalue weighted by atomic mass is 32.1. The van der Waals surface area contributed by atoms with Gasteiger partial charge in [-0.1, -0.05) is 18.2 Å².